The molecule has 0 unspecified atom stereocenters. The van der Waals surface area contributed by atoms with E-state index in [4.69, 9.17) is 19.7 Å². The van der Waals surface area contributed by atoms with E-state index in [1.807, 2.05) is 0 Å². The summed E-state index contributed by atoms with van der Waals surface area (Å²) in [6, 6.07) is 14.1. The van der Waals surface area contributed by atoms with E-state index in [1.54, 1.807) is 0 Å². The summed E-state index contributed by atoms with van der Waals surface area (Å²) < 4.78 is 68.9. The first-order chi connectivity index (χ1) is 18.6. The molecule has 0 aromatic heterocycles. The van der Waals surface area contributed by atoms with Gasteiger partial charge in [-0.25, -0.2) is 0 Å². The van der Waals surface area contributed by atoms with E-state index in [1.165, 1.54) is 61.5 Å². The lowest BCUT2D eigenvalue weighted by Gasteiger charge is -2.21. The van der Waals surface area contributed by atoms with E-state index >= 15 is 0 Å². The summed E-state index contributed by atoms with van der Waals surface area (Å²) in [6.45, 7) is 1.51. The Bertz CT molecular complexity index is 1350. The second kappa shape index (κ2) is 13.7. The van der Waals surface area contributed by atoms with Gasteiger partial charge in [-0.05, 0) is 92.1 Å². The molecule has 3 aromatic rings. The number of benzene rings is 3. The van der Waals surface area contributed by atoms with Crippen LogP contribution in [-0.4, -0.2) is 23.4 Å². The fourth-order valence-electron chi connectivity index (χ4n) is 3.36. The summed E-state index contributed by atoms with van der Waals surface area (Å²) in [6.07, 6.45) is -5.29. The highest BCUT2D eigenvalue weighted by Gasteiger charge is 2.36. The van der Waals surface area contributed by atoms with Crippen molar-refractivity contribution in [3.63, 3.8) is 0 Å². The van der Waals surface area contributed by atoms with Crippen molar-refractivity contribution >= 4 is 0 Å². The molecule has 0 aliphatic rings. The molecule has 3 rings (SSSR count). The van der Waals surface area contributed by atoms with E-state index in [0.717, 1.165) is 12.1 Å². The van der Waals surface area contributed by atoms with Gasteiger partial charge in [-0.15, -0.1) is 0 Å². The van der Waals surface area contributed by atoms with Crippen LogP contribution in [-0.2, 0) is 12.2 Å². The predicted octanol–water partition coefficient (Wildman–Crippen LogP) is 6.50. The van der Waals surface area contributed by atoms with Crippen molar-refractivity contribution in [2.24, 2.45) is 0 Å². The number of aryl methyl sites for hydroxylation is 1. The number of hydrogen-bond acceptors (Lipinski definition) is 4. The zero-order chi connectivity index (χ0) is 28.3. The number of ether oxygens (including phenoxy) is 2. The summed E-state index contributed by atoms with van der Waals surface area (Å²) in [5.74, 6) is 11.0. The molecule has 0 atom stereocenters. The summed E-state index contributed by atoms with van der Waals surface area (Å²) >= 11 is 0. The molecule has 8 heteroatoms. The van der Waals surface area contributed by atoms with Gasteiger partial charge in [0.1, 0.15) is 11.5 Å². The fraction of sp³-hybridized carbons (Fsp3) is 0.290. The molecule has 0 radical (unpaired) electrons. The zero-order valence-electron chi connectivity index (χ0n) is 21.3. The smallest absolute Gasteiger partial charge is 0.426 e. The quantitative estimate of drug-likeness (QED) is 0.175. The number of unbranched alkanes of at least 4 members (excludes halogenated alkanes) is 2. The van der Waals surface area contributed by atoms with E-state index in [9.17, 15) is 17.6 Å². The van der Waals surface area contributed by atoms with Crippen LogP contribution in [0, 0.1) is 30.6 Å². The van der Waals surface area contributed by atoms with Gasteiger partial charge in [-0.1, -0.05) is 23.7 Å². The van der Waals surface area contributed by atoms with Crippen LogP contribution in [0.25, 0.3) is 0 Å². The molecule has 2 N–H and O–H groups in total. The lowest BCUT2D eigenvalue weighted by atomic mass is 10.1. The molecule has 204 valence electrons. The Morgan fingerprint density at radius 1 is 0.667 bits per heavy atom. The summed E-state index contributed by atoms with van der Waals surface area (Å²) in [5.41, 5.74) is 0.492. The van der Waals surface area contributed by atoms with Crippen LogP contribution < -0.4 is 9.47 Å². The van der Waals surface area contributed by atoms with Crippen molar-refractivity contribution in [2.45, 2.75) is 44.8 Å². The molecule has 0 bridgehead atoms. The maximum atomic E-state index is 14.8. The molecule has 0 spiro atoms. The first-order valence-electron chi connectivity index (χ1n) is 12.3. The normalized spacial score (nSPS) is 11.2. The number of halogens is 4. The molecule has 0 aliphatic carbocycles. The molecular weight excluding hydrogens is 512 g/mol. The number of rotatable bonds is 10. The van der Waals surface area contributed by atoms with Crippen LogP contribution in [0.15, 0.2) is 66.7 Å². The van der Waals surface area contributed by atoms with E-state index in [2.05, 4.69) is 23.7 Å². The Labute approximate surface area is 225 Å². The van der Waals surface area contributed by atoms with Gasteiger partial charge in [0.2, 0.25) is 0 Å². The minimum atomic E-state index is -3.68. The molecule has 0 fully saturated rings. The monoisotopic (exact) mass is 540 g/mol. The highest BCUT2D eigenvalue weighted by molar-refractivity contribution is 5.42. The Morgan fingerprint density at radius 3 is 1.56 bits per heavy atom. The lowest BCUT2D eigenvalue weighted by molar-refractivity contribution is -0.188. The number of aliphatic hydroxyl groups is 2. The van der Waals surface area contributed by atoms with E-state index in [0.29, 0.717) is 36.8 Å². The minimum absolute atomic E-state index is 0.0315. The van der Waals surface area contributed by atoms with Gasteiger partial charge in [-0.3, -0.25) is 0 Å². The van der Waals surface area contributed by atoms with Crippen LogP contribution >= 0.6 is 0 Å². The number of alkyl halides is 4. The molecule has 3 aromatic carbocycles. The van der Waals surface area contributed by atoms with Gasteiger partial charge >= 0.3 is 12.2 Å². The Morgan fingerprint density at radius 2 is 1.13 bits per heavy atom. The van der Waals surface area contributed by atoms with Gasteiger partial charge in [0.25, 0.3) is 0 Å². The molecule has 0 saturated heterocycles. The van der Waals surface area contributed by atoms with Crippen LogP contribution in [0.5, 0.6) is 11.5 Å². The maximum Gasteiger partial charge on any atom is 0.426 e. The van der Waals surface area contributed by atoms with Crippen molar-refractivity contribution in [3.05, 3.63) is 94.5 Å². The maximum absolute atomic E-state index is 14.8. The standard InChI is InChI=1S/C31H28F4O4/c1-23-22-28(38-30(32,33)26-14-10-24(11-15-26)8-4-2-6-20-36)18-19-29(23)39-31(34,35)27-16-12-25(13-17-27)9-5-3-7-21-37/h10-19,22,36-37H,2-3,6-7,20-21H2,1H3. The van der Waals surface area contributed by atoms with Gasteiger partial charge in [0.15, 0.2) is 0 Å². The molecule has 39 heavy (non-hydrogen) atoms. The summed E-state index contributed by atoms with van der Waals surface area (Å²) in [7, 11) is 0. The fourth-order valence-corrected chi connectivity index (χ4v) is 3.36. The van der Waals surface area contributed by atoms with Crippen LogP contribution in [0.3, 0.4) is 0 Å². The van der Waals surface area contributed by atoms with Gasteiger partial charge in [0, 0.05) is 37.2 Å². The Kier molecular flexibility index (Phi) is 10.4. The molecule has 0 saturated carbocycles. The predicted molar refractivity (Wildman–Crippen MR) is 140 cm³/mol. The van der Waals surface area contributed by atoms with Gasteiger partial charge in [-0.2, -0.15) is 17.6 Å². The summed E-state index contributed by atoms with van der Waals surface area (Å²) in [5, 5.41) is 17.5. The highest BCUT2D eigenvalue weighted by atomic mass is 19.3. The first kappa shape index (κ1) is 29.6. The average Bonchev–Trinajstić information content (AvgIpc) is 2.91. The van der Waals surface area contributed by atoms with E-state index in [-0.39, 0.29) is 30.3 Å². The second-order valence-electron chi connectivity index (χ2n) is 8.58. The van der Waals surface area contributed by atoms with Crippen molar-refractivity contribution < 1.29 is 37.2 Å². The largest absolute Gasteiger partial charge is 0.429 e. The molecule has 4 nitrogen and oxygen atoms in total. The van der Waals surface area contributed by atoms with Crippen molar-refractivity contribution in [3.8, 4) is 35.2 Å². The molecule has 0 heterocycles. The highest BCUT2D eigenvalue weighted by Crippen LogP contribution is 2.37. The molecule has 0 aliphatic heterocycles. The number of aliphatic hydroxyl groups excluding tert-OH is 2. The van der Waals surface area contributed by atoms with Gasteiger partial charge < -0.3 is 19.7 Å². The van der Waals surface area contributed by atoms with Crippen LogP contribution in [0.2, 0.25) is 0 Å². The van der Waals surface area contributed by atoms with Crippen LogP contribution in [0.1, 0.15) is 53.5 Å². The zero-order valence-corrected chi connectivity index (χ0v) is 21.3. The Balaban J connectivity index is 1.66. The van der Waals surface area contributed by atoms with Crippen molar-refractivity contribution in [1.82, 2.24) is 0 Å². The van der Waals surface area contributed by atoms with Crippen LogP contribution in [0.4, 0.5) is 17.6 Å². The second-order valence-corrected chi connectivity index (χ2v) is 8.58. The summed E-state index contributed by atoms with van der Waals surface area (Å²) in [4.78, 5) is 0. The van der Waals surface area contributed by atoms with Crippen molar-refractivity contribution in [1.29, 1.82) is 0 Å². The third-order valence-electron chi connectivity index (χ3n) is 5.46. The number of hydrogen-bond donors (Lipinski definition) is 2. The molecule has 0 amide bonds. The lowest BCUT2D eigenvalue weighted by Crippen LogP contribution is -2.23. The molecular formula is C31H28F4O4. The van der Waals surface area contributed by atoms with E-state index < -0.39 is 23.3 Å². The SMILES string of the molecule is Cc1cc(OC(F)(F)c2ccc(C#CCCCO)cc2)ccc1OC(F)(F)c1ccc(C#CCCCO)cc1. The Hall–Kier alpha value is -3.98. The topological polar surface area (TPSA) is 58.9 Å². The van der Waals surface area contributed by atoms with Gasteiger partial charge in [0.05, 0.1) is 11.1 Å². The average molecular weight is 541 g/mol. The first-order valence-corrected chi connectivity index (χ1v) is 12.3. The third-order valence-corrected chi connectivity index (χ3v) is 5.46. The minimum Gasteiger partial charge on any atom is -0.429 e. The third kappa shape index (κ3) is 8.78. The van der Waals surface area contributed by atoms with Crippen molar-refractivity contribution in [2.75, 3.05) is 13.2 Å².